The highest BCUT2D eigenvalue weighted by Gasteiger charge is 2.29. The van der Waals surface area contributed by atoms with Crippen molar-refractivity contribution in [2.45, 2.75) is 0 Å². The highest BCUT2D eigenvalue weighted by molar-refractivity contribution is 6.44. The number of carbonyl (C=O) groups is 3. The van der Waals surface area contributed by atoms with E-state index in [0.29, 0.717) is 5.57 Å². The van der Waals surface area contributed by atoms with Crippen LogP contribution in [-0.4, -0.2) is 17.3 Å². The van der Waals surface area contributed by atoms with Crippen LogP contribution in [0.2, 0.25) is 0 Å². The Morgan fingerprint density at radius 3 is 2.54 bits per heavy atom. The molecule has 2 aliphatic carbocycles. The molecule has 64 valence electrons. The average molecular weight is 174 g/mol. The van der Waals surface area contributed by atoms with Crippen LogP contribution >= 0.6 is 0 Å². The Labute approximate surface area is 74.4 Å². The van der Waals surface area contributed by atoms with Gasteiger partial charge < -0.3 is 0 Å². The Bertz CT molecular complexity index is 396. The third-order valence-electron chi connectivity index (χ3n) is 2.07. The van der Waals surface area contributed by atoms with Gasteiger partial charge in [0.1, 0.15) is 0 Å². The minimum atomic E-state index is -0.532. The smallest absolute Gasteiger partial charge is 0.222 e. The average Bonchev–Trinajstić information content (AvgIpc) is 2.12. The molecule has 0 saturated heterocycles. The second-order valence-electron chi connectivity index (χ2n) is 2.95. The van der Waals surface area contributed by atoms with Gasteiger partial charge in [0.25, 0.3) is 0 Å². The van der Waals surface area contributed by atoms with Gasteiger partial charge in [-0.2, -0.15) is 0 Å². The largest absolute Gasteiger partial charge is 0.290 e. The van der Waals surface area contributed by atoms with Crippen LogP contribution in [0, 0.1) is 5.92 Å². The quantitative estimate of drug-likeness (QED) is 0.499. The van der Waals surface area contributed by atoms with Gasteiger partial charge >= 0.3 is 0 Å². The number of rotatable bonds is 0. The first-order valence-electron chi connectivity index (χ1n) is 3.88. The standard InChI is InChI=1S/C10H6O3/c11-7-2-3-8-6(5-7)1-4-9(12)10(8)13/h1-5,8H. The number of Topliss-reactive ketones (excluding diaryl/α,β-unsaturated/α-hetero) is 1. The first kappa shape index (κ1) is 7.86. The van der Waals surface area contributed by atoms with Gasteiger partial charge in [0.2, 0.25) is 11.6 Å². The number of ketones is 3. The predicted molar refractivity (Wildman–Crippen MR) is 44.9 cm³/mol. The number of fused-ring (bicyclic) bond motifs is 1. The molecule has 0 aromatic carbocycles. The molecular weight excluding hydrogens is 168 g/mol. The highest BCUT2D eigenvalue weighted by Crippen LogP contribution is 2.23. The third-order valence-corrected chi connectivity index (χ3v) is 2.07. The number of hydrogen-bond donors (Lipinski definition) is 0. The topological polar surface area (TPSA) is 51.2 Å². The Morgan fingerprint density at radius 1 is 1.00 bits per heavy atom. The molecule has 1 atom stereocenters. The van der Waals surface area contributed by atoms with Crippen LogP contribution in [0.4, 0.5) is 0 Å². The monoisotopic (exact) mass is 174 g/mol. The zero-order valence-corrected chi connectivity index (χ0v) is 6.69. The summed E-state index contributed by atoms with van der Waals surface area (Å²) in [5, 5.41) is 0. The highest BCUT2D eigenvalue weighted by atomic mass is 16.2. The van der Waals surface area contributed by atoms with E-state index in [9.17, 15) is 14.4 Å². The SMILES string of the molecule is O=C1C=CC2C(=O)C(=O)C=CC2=C1. The molecule has 1 unspecified atom stereocenters. The van der Waals surface area contributed by atoms with Gasteiger partial charge in [-0.1, -0.05) is 12.2 Å². The fourth-order valence-electron chi connectivity index (χ4n) is 1.40. The summed E-state index contributed by atoms with van der Waals surface area (Å²) < 4.78 is 0. The van der Waals surface area contributed by atoms with Crippen molar-refractivity contribution in [3.63, 3.8) is 0 Å². The van der Waals surface area contributed by atoms with Crippen molar-refractivity contribution >= 4 is 17.3 Å². The molecule has 0 fully saturated rings. The molecule has 0 saturated carbocycles. The summed E-state index contributed by atoms with van der Waals surface area (Å²) in [6.45, 7) is 0. The van der Waals surface area contributed by atoms with E-state index < -0.39 is 17.5 Å². The maximum atomic E-state index is 11.3. The normalized spacial score (nSPS) is 26.0. The van der Waals surface area contributed by atoms with Crippen molar-refractivity contribution in [1.29, 1.82) is 0 Å². The lowest BCUT2D eigenvalue weighted by Crippen LogP contribution is -2.27. The molecule has 0 aromatic heterocycles. The fraction of sp³-hybridized carbons (Fsp3) is 0.100. The van der Waals surface area contributed by atoms with Gasteiger partial charge in [-0.25, -0.2) is 0 Å². The first-order valence-corrected chi connectivity index (χ1v) is 3.88. The van der Waals surface area contributed by atoms with E-state index in [1.807, 2.05) is 0 Å². The van der Waals surface area contributed by atoms with E-state index in [-0.39, 0.29) is 5.78 Å². The van der Waals surface area contributed by atoms with Gasteiger partial charge in [0, 0.05) is 0 Å². The molecule has 0 aliphatic heterocycles. The molecule has 0 spiro atoms. The minimum absolute atomic E-state index is 0.141. The van der Waals surface area contributed by atoms with Crippen molar-refractivity contribution in [3.8, 4) is 0 Å². The van der Waals surface area contributed by atoms with E-state index in [4.69, 9.17) is 0 Å². The van der Waals surface area contributed by atoms with Crippen LogP contribution in [0.3, 0.4) is 0 Å². The Kier molecular flexibility index (Phi) is 1.59. The van der Waals surface area contributed by atoms with Crippen molar-refractivity contribution < 1.29 is 14.4 Å². The minimum Gasteiger partial charge on any atom is -0.290 e. The van der Waals surface area contributed by atoms with Gasteiger partial charge in [-0.05, 0) is 23.8 Å². The summed E-state index contributed by atoms with van der Waals surface area (Å²) in [7, 11) is 0. The van der Waals surface area contributed by atoms with E-state index in [1.165, 1.54) is 30.4 Å². The van der Waals surface area contributed by atoms with E-state index in [1.54, 1.807) is 0 Å². The van der Waals surface area contributed by atoms with Crippen LogP contribution < -0.4 is 0 Å². The summed E-state index contributed by atoms with van der Waals surface area (Å²) in [4.78, 5) is 33.1. The van der Waals surface area contributed by atoms with Crippen LogP contribution in [-0.2, 0) is 14.4 Å². The lowest BCUT2D eigenvalue weighted by molar-refractivity contribution is -0.135. The first-order chi connectivity index (χ1) is 6.18. The number of hydrogen-bond acceptors (Lipinski definition) is 3. The van der Waals surface area contributed by atoms with Crippen LogP contribution in [0.25, 0.3) is 0 Å². The zero-order valence-electron chi connectivity index (χ0n) is 6.69. The Balaban J connectivity index is 2.48. The van der Waals surface area contributed by atoms with E-state index >= 15 is 0 Å². The molecule has 3 nitrogen and oxygen atoms in total. The molecule has 2 aliphatic rings. The fourth-order valence-corrected chi connectivity index (χ4v) is 1.40. The molecule has 2 rings (SSSR count). The predicted octanol–water partition coefficient (Wildman–Crippen LogP) is 0.376. The van der Waals surface area contributed by atoms with Crippen LogP contribution in [0.1, 0.15) is 0 Å². The molecule has 3 heteroatoms. The summed E-state index contributed by atoms with van der Waals surface area (Å²) in [6.07, 6.45) is 6.90. The van der Waals surface area contributed by atoms with Crippen LogP contribution in [0.15, 0.2) is 36.0 Å². The molecule has 0 N–H and O–H groups in total. The lowest BCUT2D eigenvalue weighted by Gasteiger charge is -2.17. The second kappa shape index (κ2) is 2.62. The molecule has 0 bridgehead atoms. The second-order valence-corrected chi connectivity index (χ2v) is 2.95. The van der Waals surface area contributed by atoms with Crippen molar-refractivity contribution in [2.75, 3.05) is 0 Å². The Hall–Kier alpha value is -1.77. The molecule has 0 aromatic rings. The molecule has 0 radical (unpaired) electrons. The maximum absolute atomic E-state index is 11.3. The molecule has 13 heavy (non-hydrogen) atoms. The summed E-state index contributed by atoms with van der Waals surface area (Å²) in [5.74, 6) is -1.63. The van der Waals surface area contributed by atoms with Crippen molar-refractivity contribution in [2.24, 2.45) is 5.92 Å². The lowest BCUT2D eigenvalue weighted by atomic mass is 9.84. The molecule has 0 amide bonds. The van der Waals surface area contributed by atoms with Gasteiger partial charge in [0.05, 0.1) is 5.92 Å². The summed E-state index contributed by atoms with van der Waals surface area (Å²) >= 11 is 0. The molecule has 0 heterocycles. The van der Waals surface area contributed by atoms with Gasteiger partial charge in [-0.3, -0.25) is 14.4 Å². The van der Waals surface area contributed by atoms with E-state index in [0.717, 1.165) is 0 Å². The molecular formula is C10H6O3. The third kappa shape index (κ3) is 1.18. The van der Waals surface area contributed by atoms with Crippen molar-refractivity contribution in [1.82, 2.24) is 0 Å². The zero-order chi connectivity index (χ0) is 9.42. The number of carbonyl (C=O) groups excluding carboxylic acids is 3. The summed E-state index contributed by atoms with van der Waals surface area (Å²) in [6, 6.07) is 0. The van der Waals surface area contributed by atoms with Gasteiger partial charge in [-0.15, -0.1) is 0 Å². The maximum Gasteiger partial charge on any atom is 0.222 e. The number of allylic oxidation sites excluding steroid dienone is 6. The van der Waals surface area contributed by atoms with E-state index in [2.05, 4.69) is 0 Å². The van der Waals surface area contributed by atoms with Crippen molar-refractivity contribution in [3.05, 3.63) is 36.0 Å². The summed E-state index contributed by atoms with van der Waals surface area (Å²) in [5.41, 5.74) is 0.608. The van der Waals surface area contributed by atoms with Gasteiger partial charge in [0.15, 0.2) is 5.78 Å². The Morgan fingerprint density at radius 2 is 1.77 bits per heavy atom. The van der Waals surface area contributed by atoms with Crippen LogP contribution in [0.5, 0.6) is 0 Å².